The van der Waals surface area contributed by atoms with Crippen molar-refractivity contribution in [1.82, 2.24) is 5.32 Å². The van der Waals surface area contributed by atoms with Gasteiger partial charge < -0.3 is 10.4 Å². The summed E-state index contributed by atoms with van der Waals surface area (Å²) in [6.45, 7) is 9.10. The Morgan fingerprint density at radius 1 is 0.595 bits per heavy atom. The van der Waals surface area contributed by atoms with Gasteiger partial charge in [-0.05, 0) is 50.9 Å². The molecule has 2 N–H and O–H groups in total. The van der Waals surface area contributed by atoms with Crippen molar-refractivity contribution in [3.63, 3.8) is 0 Å². The topological polar surface area (TPSA) is 49.3 Å². The van der Waals surface area contributed by atoms with Crippen molar-refractivity contribution in [1.29, 1.82) is 0 Å². The molecule has 3 heteroatoms. The molecule has 1 unspecified atom stereocenters. The average molecular weight is 592 g/mol. The number of aliphatic hydroxyl groups excluding tert-OH is 1. The van der Waals surface area contributed by atoms with Crippen LogP contribution in [0.4, 0.5) is 0 Å². The van der Waals surface area contributed by atoms with Crippen LogP contribution in [0.2, 0.25) is 0 Å². The van der Waals surface area contributed by atoms with Gasteiger partial charge in [0.1, 0.15) is 0 Å². The van der Waals surface area contributed by atoms with Crippen LogP contribution in [0.3, 0.4) is 0 Å². The smallest absolute Gasteiger partial charge is 0.220 e. The zero-order chi connectivity index (χ0) is 30.9. The van der Waals surface area contributed by atoms with Crippen molar-refractivity contribution >= 4 is 5.91 Å². The van der Waals surface area contributed by atoms with Gasteiger partial charge in [0.15, 0.2) is 0 Å². The lowest BCUT2D eigenvalue weighted by molar-refractivity contribution is -0.122. The van der Waals surface area contributed by atoms with E-state index < -0.39 is 0 Å². The summed E-state index contributed by atoms with van der Waals surface area (Å²) in [5, 5.41) is 13.3. The number of nitrogens with one attached hydrogen (secondary N) is 1. The molecule has 0 aliphatic rings. The highest BCUT2D eigenvalue weighted by atomic mass is 16.3. The maximum atomic E-state index is 12.4. The molecule has 0 radical (unpaired) electrons. The van der Waals surface area contributed by atoms with Crippen molar-refractivity contribution in [2.75, 3.05) is 0 Å². The van der Waals surface area contributed by atoms with Gasteiger partial charge in [0.05, 0.1) is 6.10 Å². The lowest BCUT2D eigenvalue weighted by Gasteiger charge is -2.17. The van der Waals surface area contributed by atoms with E-state index in [2.05, 4.69) is 45.2 Å². The third-order valence-electron chi connectivity index (χ3n) is 8.93. The number of hydrogen-bond acceptors (Lipinski definition) is 2. The van der Waals surface area contributed by atoms with Crippen LogP contribution in [0.15, 0.2) is 12.2 Å². The van der Waals surface area contributed by atoms with Crippen molar-refractivity contribution in [3.05, 3.63) is 12.2 Å². The predicted molar refractivity (Wildman–Crippen MR) is 187 cm³/mol. The van der Waals surface area contributed by atoms with Crippen LogP contribution in [-0.4, -0.2) is 23.2 Å². The number of amides is 1. The van der Waals surface area contributed by atoms with E-state index in [0.717, 1.165) is 57.3 Å². The highest BCUT2D eigenvalue weighted by Gasteiger charge is 2.10. The summed E-state index contributed by atoms with van der Waals surface area (Å²) >= 11 is 0. The van der Waals surface area contributed by atoms with Gasteiger partial charge in [0.2, 0.25) is 5.91 Å². The molecule has 0 fully saturated rings. The maximum Gasteiger partial charge on any atom is 0.220 e. The Hall–Kier alpha value is -0.830. The van der Waals surface area contributed by atoms with E-state index >= 15 is 0 Å². The monoisotopic (exact) mass is 592 g/mol. The van der Waals surface area contributed by atoms with E-state index in [1.807, 2.05) is 0 Å². The quantitative estimate of drug-likeness (QED) is 0.0589. The number of unbranched alkanes of at least 4 members (excludes halogenated alkanes) is 20. The van der Waals surface area contributed by atoms with Gasteiger partial charge in [0, 0.05) is 12.5 Å². The first-order valence-electron chi connectivity index (χ1n) is 19.1. The van der Waals surface area contributed by atoms with Gasteiger partial charge >= 0.3 is 0 Å². The number of aliphatic hydroxyl groups is 1. The van der Waals surface area contributed by atoms with Crippen molar-refractivity contribution in [3.8, 4) is 0 Å². The second-order valence-corrected chi connectivity index (χ2v) is 13.8. The largest absolute Gasteiger partial charge is 0.393 e. The lowest BCUT2D eigenvalue weighted by Crippen LogP contribution is -2.34. The third-order valence-corrected chi connectivity index (χ3v) is 8.93. The van der Waals surface area contributed by atoms with E-state index in [-0.39, 0.29) is 12.0 Å². The number of carbonyl (C=O) groups excluding carboxylic acids is 1. The number of hydrogen-bond donors (Lipinski definition) is 2. The minimum absolute atomic E-state index is 0.162. The van der Waals surface area contributed by atoms with Gasteiger partial charge in [-0.1, -0.05) is 175 Å². The third kappa shape index (κ3) is 32.1. The molecule has 2 atom stereocenters. The molecule has 0 saturated heterocycles. The average Bonchev–Trinajstić information content (AvgIpc) is 2.97. The summed E-state index contributed by atoms with van der Waals surface area (Å²) in [7, 11) is 0. The molecular weight excluding hydrogens is 514 g/mol. The Balaban J connectivity index is 3.49. The number of carbonyl (C=O) groups is 1. The van der Waals surface area contributed by atoms with Crippen LogP contribution in [-0.2, 0) is 4.79 Å². The molecule has 250 valence electrons. The fourth-order valence-corrected chi connectivity index (χ4v) is 5.94. The molecule has 0 bridgehead atoms. The summed E-state index contributed by atoms with van der Waals surface area (Å²) in [5.41, 5.74) is 0. The molecule has 0 rings (SSSR count). The molecule has 0 aromatic heterocycles. The van der Waals surface area contributed by atoms with E-state index in [1.54, 1.807) is 0 Å². The molecule has 0 heterocycles. The van der Waals surface area contributed by atoms with Crippen LogP contribution < -0.4 is 5.32 Å². The Bertz CT molecular complexity index is 573. The van der Waals surface area contributed by atoms with Crippen LogP contribution in [0.5, 0.6) is 0 Å². The van der Waals surface area contributed by atoms with Gasteiger partial charge in [-0.3, -0.25) is 4.79 Å². The van der Waals surface area contributed by atoms with Crippen molar-refractivity contribution < 1.29 is 9.90 Å². The van der Waals surface area contributed by atoms with E-state index in [1.165, 1.54) is 128 Å². The molecule has 0 saturated carbocycles. The molecular formula is C39H77NO2. The van der Waals surface area contributed by atoms with Gasteiger partial charge in [0.25, 0.3) is 0 Å². The maximum absolute atomic E-state index is 12.4. The highest BCUT2D eigenvalue weighted by molar-refractivity contribution is 5.76. The molecule has 0 aliphatic heterocycles. The first-order chi connectivity index (χ1) is 20.5. The first kappa shape index (κ1) is 41.2. The van der Waals surface area contributed by atoms with Crippen LogP contribution in [0.1, 0.15) is 214 Å². The molecule has 0 spiro atoms. The zero-order valence-corrected chi connectivity index (χ0v) is 29.2. The van der Waals surface area contributed by atoms with E-state index in [4.69, 9.17) is 0 Å². The number of allylic oxidation sites excluding steroid dienone is 1. The molecule has 1 amide bonds. The predicted octanol–water partition coefficient (Wildman–Crippen LogP) is 12.4. The summed E-state index contributed by atoms with van der Waals surface area (Å²) < 4.78 is 0. The number of rotatable bonds is 33. The summed E-state index contributed by atoms with van der Waals surface area (Å²) in [4.78, 5) is 12.4. The van der Waals surface area contributed by atoms with Gasteiger partial charge in [-0.15, -0.1) is 0 Å². The lowest BCUT2D eigenvalue weighted by atomic mass is 10.0. The van der Waals surface area contributed by atoms with Crippen LogP contribution in [0, 0.1) is 5.92 Å². The van der Waals surface area contributed by atoms with Crippen molar-refractivity contribution in [2.24, 2.45) is 5.92 Å². The second-order valence-electron chi connectivity index (χ2n) is 13.8. The molecule has 0 aromatic carbocycles. The van der Waals surface area contributed by atoms with Gasteiger partial charge in [-0.25, -0.2) is 0 Å². The van der Waals surface area contributed by atoms with E-state index in [9.17, 15) is 9.90 Å². The second kappa shape index (κ2) is 33.1. The molecule has 0 aromatic rings. The first-order valence-corrected chi connectivity index (χ1v) is 19.1. The minimum atomic E-state index is -0.162. The summed E-state index contributed by atoms with van der Waals surface area (Å²) in [6.07, 6.45) is 40.3. The highest BCUT2D eigenvalue weighted by Crippen LogP contribution is 2.16. The Morgan fingerprint density at radius 3 is 1.62 bits per heavy atom. The van der Waals surface area contributed by atoms with E-state index in [0.29, 0.717) is 12.5 Å². The Morgan fingerprint density at radius 2 is 1.07 bits per heavy atom. The summed E-state index contributed by atoms with van der Waals surface area (Å²) in [6, 6.07) is 0.365. The summed E-state index contributed by atoms with van der Waals surface area (Å²) in [5.74, 6) is 1.13. The molecule has 0 aliphatic carbocycles. The SMILES string of the molecule is CCCCCC[C@@H](O)C/C=C\CCCCCCCC(=O)NC(CC)CCCCCCCCCCCCCCCC(C)C. The fraction of sp³-hybridized carbons (Fsp3) is 0.923. The molecule has 3 nitrogen and oxygen atoms in total. The van der Waals surface area contributed by atoms with Crippen molar-refractivity contribution in [2.45, 2.75) is 226 Å². The van der Waals surface area contributed by atoms with Gasteiger partial charge in [-0.2, -0.15) is 0 Å². The Labute approximate surface area is 264 Å². The fourth-order valence-electron chi connectivity index (χ4n) is 5.94. The Kier molecular flexibility index (Phi) is 32.4. The van der Waals surface area contributed by atoms with Crippen LogP contribution in [0.25, 0.3) is 0 Å². The molecule has 42 heavy (non-hydrogen) atoms. The van der Waals surface area contributed by atoms with Crippen LogP contribution >= 0.6 is 0 Å². The standard InChI is InChI=1S/C39H77NO2/c1-5-7-8-28-33-38(41)34-29-24-20-16-17-21-25-30-35-39(42)40-37(6-2)32-27-23-19-15-13-11-9-10-12-14-18-22-26-31-36(3)4/h24,29,36-38,41H,5-23,25-28,30-35H2,1-4H3,(H,40,42)/b29-24-/t37?,38-/m1/s1. The zero-order valence-electron chi connectivity index (χ0n) is 29.2. The minimum Gasteiger partial charge on any atom is -0.393 e. The normalized spacial score (nSPS) is 13.3.